The first kappa shape index (κ1) is 17.4. The van der Waals surface area contributed by atoms with E-state index < -0.39 is 14.9 Å². The molecule has 0 bridgehead atoms. The average molecular weight is 315 g/mol. The van der Waals surface area contributed by atoms with Gasteiger partial charge in [-0.1, -0.05) is 13.8 Å². The second-order valence-corrected chi connectivity index (χ2v) is 6.53. The molecule has 0 heterocycles. The Morgan fingerprint density at radius 3 is 2.24 bits per heavy atom. The standard InChI is InChI=1S/C13H21N3O4S/c1-4-8-15(9-5-2)21(19,20)11-6-7-12(14-3)13(10-11)16(17)18/h6-7,10,14H,4-5,8-9H2,1-3H3. The van der Waals surface area contributed by atoms with Crippen LogP contribution in [0.3, 0.4) is 0 Å². The molecule has 0 spiro atoms. The number of benzene rings is 1. The number of anilines is 1. The molecular weight excluding hydrogens is 294 g/mol. The molecule has 0 aromatic heterocycles. The lowest BCUT2D eigenvalue weighted by atomic mass is 10.3. The fourth-order valence-electron chi connectivity index (χ4n) is 2.03. The van der Waals surface area contributed by atoms with Crippen molar-refractivity contribution >= 4 is 21.4 Å². The molecule has 1 aromatic rings. The zero-order valence-electron chi connectivity index (χ0n) is 12.5. The maximum atomic E-state index is 12.6. The van der Waals surface area contributed by atoms with E-state index in [1.807, 2.05) is 13.8 Å². The van der Waals surface area contributed by atoms with Crippen LogP contribution in [0, 0.1) is 10.1 Å². The van der Waals surface area contributed by atoms with Gasteiger partial charge in [-0.15, -0.1) is 0 Å². The SMILES string of the molecule is CCCN(CCC)S(=O)(=O)c1ccc(NC)c([N+](=O)[O-])c1. The Balaban J connectivity index is 3.30. The van der Waals surface area contributed by atoms with Crippen molar-refractivity contribution in [1.29, 1.82) is 0 Å². The summed E-state index contributed by atoms with van der Waals surface area (Å²) >= 11 is 0. The van der Waals surface area contributed by atoms with Crippen LogP contribution in [0.15, 0.2) is 23.1 Å². The van der Waals surface area contributed by atoms with Crippen LogP contribution in [-0.2, 0) is 10.0 Å². The summed E-state index contributed by atoms with van der Waals surface area (Å²) < 4.78 is 26.5. The van der Waals surface area contributed by atoms with Crippen molar-refractivity contribution < 1.29 is 13.3 Å². The van der Waals surface area contributed by atoms with Crippen LogP contribution in [0.1, 0.15) is 26.7 Å². The summed E-state index contributed by atoms with van der Waals surface area (Å²) in [6, 6.07) is 3.92. The lowest BCUT2D eigenvalue weighted by molar-refractivity contribution is -0.384. The average Bonchev–Trinajstić information content (AvgIpc) is 2.46. The van der Waals surface area contributed by atoms with Gasteiger partial charge < -0.3 is 5.32 Å². The highest BCUT2D eigenvalue weighted by Gasteiger charge is 2.26. The number of nitro groups is 1. The number of hydrogen-bond donors (Lipinski definition) is 1. The van der Waals surface area contributed by atoms with Crippen LogP contribution >= 0.6 is 0 Å². The topological polar surface area (TPSA) is 92.6 Å². The smallest absolute Gasteiger partial charge is 0.293 e. The second-order valence-electron chi connectivity index (χ2n) is 4.59. The van der Waals surface area contributed by atoms with Crippen LogP contribution in [0.5, 0.6) is 0 Å². The third kappa shape index (κ3) is 3.92. The first-order valence-corrected chi connectivity index (χ1v) is 8.28. The summed E-state index contributed by atoms with van der Waals surface area (Å²) in [6.07, 6.45) is 1.38. The molecule has 0 aliphatic heterocycles. The maximum absolute atomic E-state index is 12.6. The van der Waals surface area contributed by atoms with Gasteiger partial charge >= 0.3 is 0 Å². The van der Waals surface area contributed by atoms with Crippen LogP contribution < -0.4 is 5.32 Å². The third-order valence-electron chi connectivity index (χ3n) is 3.02. The number of sulfonamides is 1. The normalized spacial score (nSPS) is 11.6. The molecule has 7 nitrogen and oxygen atoms in total. The third-order valence-corrected chi connectivity index (χ3v) is 4.91. The Morgan fingerprint density at radius 1 is 1.24 bits per heavy atom. The zero-order chi connectivity index (χ0) is 16.0. The molecule has 0 aliphatic rings. The van der Waals surface area contributed by atoms with E-state index in [1.54, 1.807) is 7.05 Å². The summed E-state index contributed by atoms with van der Waals surface area (Å²) in [4.78, 5) is 10.4. The van der Waals surface area contributed by atoms with Gasteiger partial charge in [0.1, 0.15) is 5.69 Å². The van der Waals surface area contributed by atoms with Crippen molar-refractivity contribution in [2.75, 3.05) is 25.5 Å². The number of rotatable bonds is 8. The first-order chi connectivity index (χ1) is 9.88. The molecule has 0 atom stereocenters. The molecule has 1 N–H and O–H groups in total. The minimum absolute atomic E-state index is 0.0462. The predicted molar refractivity (Wildman–Crippen MR) is 82.0 cm³/mol. The molecule has 0 saturated heterocycles. The number of hydrogen-bond acceptors (Lipinski definition) is 5. The predicted octanol–water partition coefficient (Wildman–Crippen LogP) is 2.45. The van der Waals surface area contributed by atoms with E-state index in [9.17, 15) is 18.5 Å². The molecule has 0 fully saturated rings. The summed E-state index contributed by atoms with van der Waals surface area (Å²) in [6.45, 7) is 4.59. The van der Waals surface area contributed by atoms with Crippen LogP contribution in [0.25, 0.3) is 0 Å². The van der Waals surface area contributed by atoms with Crippen molar-refractivity contribution in [2.24, 2.45) is 0 Å². The van der Waals surface area contributed by atoms with Crippen molar-refractivity contribution in [3.63, 3.8) is 0 Å². The number of nitro benzene ring substituents is 1. The monoisotopic (exact) mass is 315 g/mol. The minimum atomic E-state index is -3.71. The summed E-state index contributed by atoms with van der Waals surface area (Å²) in [5, 5.41) is 13.7. The van der Waals surface area contributed by atoms with E-state index in [0.29, 0.717) is 25.9 Å². The Labute approximate surface area is 125 Å². The zero-order valence-corrected chi connectivity index (χ0v) is 13.3. The van der Waals surface area contributed by atoms with E-state index in [-0.39, 0.29) is 16.3 Å². The summed E-state index contributed by atoms with van der Waals surface area (Å²) in [5.74, 6) is 0. The molecule has 1 aromatic carbocycles. The molecule has 0 saturated carbocycles. The quantitative estimate of drug-likeness (QED) is 0.587. The highest BCUT2D eigenvalue weighted by molar-refractivity contribution is 7.89. The highest BCUT2D eigenvalue weighted by Crippen LogP contribution is 2.28. The second kappa shape index (κ2) is 7.37. The molecule has 0 unspecified atom stereocenters. The van der Waals surface area contributed by atoms with Gasteiger partial charge in [-0.2, -0.15) is 4.31 Å². The maximum Gasteiger partial charge on any atom is 0.293 e. The van der Waals surface area contributed by atoms with Crippen LogP contribution in [0.2, 0.25) is 0 Å². The van der Waals surface area contributed by atoms with Crippen molar-refractivity contribution in [2.45, 2.75) is 31.6 Å². The molecule has 21 heavy (non-hydrogen) atoms. The van der Waals surface area contributed by atoms with Crippen LogP contribution in [0.4, 0.5) is 11.4 Å². The lowest BCUT2D eigenvalue weighted by Crippen LogP contribution is -2.32. The van der Waals surface area contributed by atoms with Gasteiger partial charge in [0.25, 0.3) is 5.69 Å². The Morgan fingerprint density at radius 2 is 1.81 bits per heavy atom. The van der Waals surface area contributed by atoms with Gasteiger partial charge in [-0.25, -0.2) is 8.42 Å². The van der Waals surface area contributed by atoms with Crippen LogP contribution in [-0.4, -0.2) is 37.8 Å². The van der Waals surface area contributed by atoms with Gasteiger partial charge in [-0.05, 0) is 25.0 Å². The van der Waals surface area contributed by atoms with Crippen molar-refractivity contribution in [3.8, 4) is 0 Å². The van der Waals surface area contributed by atoms with E-state index in [0.717, 1.165) is 6.07 Å². The van der Waals surface area contributed by atoms with Crippen molar-refractivity contribution in [3.05, 3.63) is 28.3 Å². The lowest BCUT2D eigenvalue weighted by Gasteiger charge is -2.21. The minimum Gasteiger partial charge on any atom is -0.383 e. The highest BCUT2D eigenvalue weighted by atomic mass is 32.2. The number of nitrogens with zero attached hydrogens (tertiary/aromatic N) is 2. The van der Waals surface area contributed by atoms with Gasteiger partial charge in [-0.3, -0.25) is 10.1 Å². The molecule has 8 heteroatoms. The molecular formula is C13H21N3O4S. The fraction of sp³-hybridized carbons (Fsp3) is 0.538. The van der Waals surface area contributed by atoms with Gasteiger partial charge in [0.2, 0.25) is 10.0 Å². The van der Waals surface area contributed by atoms with E-state index in [1.165, 1.54) is 16.4 Å². The van der Waals surface area contributed by atoms with Crippen molar-refractivity contribution in [1.82, 2.24) is 4.31 Å². The van der Waals surface area contributed by atoms with E-state index >= 15 is 0 Å². The Hall–Kier alpha value is -1.67. The first-order valence-electron chi connectivity index (χ1n) is 6.84. The molecule has 0 amide bonds. The summed E-state index contributed by atoms with van der Waals surface area (Å²) in [5.41, 5.74) is 0.0444. The number of nitrogens with one attached hydrogen (secondary N) is 1. The molecule has 118 valence electrons. The van der Waals surface area contributed by atoms with Gasteiger partial charge in [0.05, 0.1) is 9.82 Å². The van der Waals surface area contributed by atoms with Gasteiger partial charge in [0, 0.05) is 26.2 Å². The molecule has 0 aliphatic carbocycles. The fourth-order valence-corrected chi connectivity index (χ4v) is 3.68. The molecule has 0 radical (unpaired) electrons. The van der Waals surface area contributed by atoms with E-state index in [2.05, 4.69) is 5.32 Å². The largest absolute Gasteiger partial charge is 0.383 e. The summed E-state index contributed by atoms with van der Waals surface area (Å²) in [7, 11) is -2.15. The Bertz CT molecular complexity index is 595. The van der Waals surface area contributed by atoms with Gasteiger partial charge in [0.15, 0.2) is 0 Å². The van der Waals surface area contributed by atoms with E-state index in [4.69, 9.17) is 0 Å². The molecule has 1 rings (SSSR count). The Kier molecular flexibility index (Phi) is 6.10.